The van der Waals surface area contributed by atoms with Crippen LogP contribution in [0.1, 0.15) is 23.2 Å². The predicted molar refractivity (Wildman–Crippen MR) is 91.6 cm³/mol. The van der Waals surface area contributed by atoms with Crippen LogP contribution in [0.3, 0.4) is 0 Å². The lowest BCUT2D eigenvalue weighted by Crippen LogP contribution is -2.22. The number of thioether (sulfide) groups is 1. The summed E-state index contributed by atoms with van der Waals surface area (Å²) < 4.78 is 0. The maximum Gasteiger partial charge on any atom is 0.158 e. The molecule has 0 fully saturated rings. The zero-order valence-electron chi connectivity index (χ0n) is 11.8. The highest BCUT2D eigenvalue weighted by Crippen LogP contribution is 2.37. The maximum atomic E-state index is 4.87. The van der Waals surface area contributed by atoms with Crippen molar-refractivity contribution in [2.75, 3.05) is 5.75 Å². The van der Waals surface area contributed by atoms with Gasteiger partial charge in [0.05, 0.1) is 6.04 Å². The minimum Gasteiger partial charge on any atom is -0.356 e. The van der Waals surface area contributed by atoms with Gasteiger partial charge in [-0.25, -0.2) is 0 Å². The average molecular weight is 294 g/mol. The SMILES string of the molecule is C=CCSC1=NC(c2ccccc2)C(c2ccccc2)N1. The van der Waals surface area contributed by atoms with E-state index in [-0.39, 0.29) is 12.1 Å². The van der Waals surface area contributed by atoms with Gasteiger partial charge in [-0.3, -0.25) is 4.99 Å². The Morgan fingerprint density at radius 1 is 1.00 bits per heavy atom. The number of aliphatic imine (C=N–C) groups is 1. The summed E-state index contributed by atoms with van der Waals surface area (Å²) in [4.78, 5) is 4.87. The van der Waals surface area contributed by atoms with Crippen LogP contribution in [0.4, 0.5) is 0 Å². The number of hydrogen-bond acceptors (Lipinski definition) is 3. The molecular formula is C18H18N2S. The minimum absolute atomic E-state index is 0.126. The van der Waals surface area contributed by atoms with Gasteiger partial charge in [0, 0.05) is 5.75 Å². The fourth-order valence-electron chi connectivity index (χ4n) is 2.51. The lowest BCUT2D eigenvalue weighted by Gasteiger charge is -2.19. The van der Waals surface area contributed by atoms with Crippen LogP contribution < -0.4 is 5.32 Å². The van der Waals surface area contributed by atoms with E-state index in [0.717, 1.165) is 10.9 Å². The normalized spacial score (nSPS) is 20.7. The van der Waals surface area contributed by atoms with Crippen LogP contribution in [0, 0.1) is 0 Å². The first-order chi connectivity index (χ1) is 10.4. The summed E-state index contributed by atoms with van der Waals surface area (Å²) in [6.45, 7) is 3.77. The van der Waals surface area contributed by atoms with E-state index in [9.17, 15) is 0 Å². The van der Waals surface area contributed by atoms with Gasteiger partial charge in [0.2, 0.25) is 0 Å². The molecule has 2 atom stereocenters. The van der Waals surface area contributed by atoms with Gasteiger partial charge in [0.25, 0.3) is 0 Å². The molecule has 2 aromatic carbocycles. The summed E-state index contributed by atoms with van der Waals surface area (Å²) in [5.41, 5.74) is 2.51. The Morgan fingerprint density at radius 2 is 1.62 bits per heavy atom. The molecule has 0 saturated heterocycles. The van der Waals surface area contributed by atoms with Crippen molar-refractivity contribution in [2.24, 2.45) is 4.99 Å². The van der Waals surface area contributed by atoms with Gasteiger partial charge in [0.15, 0.2) is 5.17 Å². The highest BCUT2D eigenvalue weighted by atomic mass is 32.2. The Hall–Kier alpha value is -2.00. The molecule has 0 radical (unpaired) electrons. The van der Waals surface area contributed by atoms with Crippen molar-refractivity contribution in [1.29, 1.82) is 0 Å². The highest BCUT2D eigenvalue weighted by Gasteiger charge is 2.30. The van der Waals surface area contributed by atoms with Crippen molar-refractivity contribution in [2.45, 2.75) is 12.1 Å². The van der Waals surface area contributed by atoms with E-state index < -0.39 is 0 Å². The van der Waals surface area contributed by atoms with Gasteiger partial charge >= 0.3 is 0 Å². The second kappa shape index (κ2) is 6.64. The Labute approximate surface area is 130 Å². The molecule has 3 rings (SSSR count). The lowest BCUT2D eigenvalue weighted by molar-refractivity contribution is 0.573. The summed E-state index contributed by atoms with van der Waals surface area (Å²) in [5, 5.41) is 4.55. The molecule has 3 heteroatoms. The van der Waals surface area contributed by atoms with Crippen molar-refractivity contribution >= 4 is 16.9 Å². The van der Waals surface area contributed by atoms with Crippen molar-refractivity contribution in [3.05, 3.63) is 84.4 Å². The molecule has 0 aromatic heterocycles. The molecule has 1 N–H and O–H groups in total. The molecule has 0 amide bonds. The third kappa shape index (κ3) is 3.19. The van der Waals surface area contributed by atoms with Crippen molar-refractivity contribution < 1.29 is 0 Å². The summed E-state index contributed by atoms with van der Waals surface area (Å²) in [7, 11) is 0. The fourth-order valence-corrected chi connectivity index (χ4v) is 3.18. The first kappa shape index (κ1) is 14.0. The Kier molecular flexibility index (Phi) is 4.41. The van der Waals surface area contributed by atoms with E-state index in [0.29, 0.717) is 0 Å². The zero-order chi connectivity index (χ0) is 14.5. The molecule has 1 heterocycles. The molecule has 2 nitrogen and oxygen atoms in total. The lowest BCUT2D eigenvalue weighted by atomic mass is 9.95. The van der Waals surface area contributed by atoms with E-state index >= 15 is 0 Å². The Morgan fingerprint density at radius 3 is 2.24 bits per heavy atom. The molecule has 2 unspecified atom stereocenters. The molecule has 0 bridgehead atoms. The van der Waals surface area contributed by atoms with Crippen molar-refractivity contribution in [3.8, 4) is 0 Å². The zero-order valence-corrected chi connectivity index (χ0v) is 12.6. The van der Waals surface area contributed by atoms with E-state index in [4.69, 9.17) is 4.99 Å². The van der Waals surface area contributed by atoms with Gasteiger partial charge in [0.1, 0.15) is 6.04 Å². The van der Waals surface area contributed by atoms with Crippen molar-refractivity contribution in [1.82, 2.24) is 5.32 Å². The number of amidine groups is 1. The number of nitrogens with one attached hydrogen (secondary N) is 1. The molecule has 2 aromatic rings. The third-order valence-electron chi connectivity index (χ3n) is 3.49. The molecule has 1 aliphatic heterocycles. The number of rotatable bonds is 4. The maximum absolute atomic E-state index is 4.87. The molecule has 0 aliphatic carbocycles. The third-order valence-corrected chi connectivity index (χ3v) is 4.39. The monoisotopic (exact) mass is 294 g/mol. The summed E-state index contributed by atoms with van der Waals surface area (Å²) in [5.74, 6) is 0.870. The summed E-state index contributed by atoms with van der Waals surface area (Å²) in [6, 6.07) is 21.3. The van der Waals surface area contributed by atoms with Crippen LogP contribution in [0.5, 0.6) is 0 Å². The van der Waals surface area contributed by atoms with Crippen molar-refractivity contribution in [3.63, 3.8) is 0 Å². The van der Waals surface area contributed by atoms with Gasteiger partial charge in [-0.2, -0.15) is 0 Å². The second-order valence-electron chi connectivity index (χ2n) is 4.92. The summed E-state index contributed by atoms with van der Waals surface area (Å²) >= 11 is 1.70. The average Bonchev–Trinajstić information content (AvgIpc) is 2.99. The van der Waals surface area contributed by atoms with Crippen LogP contribution in [0.15, 0.2) is 78.3 Å². The van der Waals surface area contributed by atoms with Crippen LogP contribution in [-0.4, -0.2) is 10.9 Å². The van der Waals surface area contributed by atoms with Crippen LogP contribution in [-0.2, 0) is 0 Å². The first-order valence-corrected chi connectivity index (χ1v) is 8.05. The second-order valence-corrected chi connectivity index (χ2v) is 5.93. The number of hydrogen-bond donors (Lipinski definition) is 1. The Balaban J connectivity index is 1.90. The Bertz CT molecular complexity index is 622. The largest absolute Gasteiger partial charge is 0.356 e. The van der Waals surface area contributed by atoms with Gasteiger partial charge < -0.3 is 5.32 Å². The number of nitrogens with zero attached hydrogens (tertiary/aromatic N) is 1. The molecule has 0 saturated carbocycles. The van der Waals surface area contributed by atoms with E-state index in [1.807, 2.05) is 18.2 Å². The van der Waals surface area contributed by atoms with Crippen LogP contribution >= 0.6 is 11.8 Å². The smallest absolute Gasteiger partial charge is 0.158 e. The molecule has 21 heavy (non-hydrogen) atoms. The minimum atomic E-state index is 0.126. The van der Waals surface area contributed by atoms with Crippen LogP contribution in [0.2, 0.25) is 0 Å². The highest BCUT2D eigenvalue weighted by molar-refractivity contribution is 8.13. The molecule has 106 valence electrons. The topological polar surface area (TPSA) is 24.4 Å². The number of benzene rings is 2. The van der Waals surface area contributed by atoms with E-state index in [1.165, 1.54) is 11.1 Å². The predicted octanol–water partition coefficient (Wildman–Crippen LogP) is 4.35. The molecule has 0 spiro atoms. The standard InChI is InChI=1S/C18H18N2S/c1-2-13-21-18-19-16(14-9-5-3-6-10-14)17(20-18)15-11-7-4-8-12-15/h2-12,16-17H,1,13H2,(H,19,20). The summed E-state index contributed by atoms with van der Waals surface area (Å²) in [6.07, 6.45) is 1.90. The quantitative estimate of drug-likeness (QED) is 0.848. The first-order valence-electron chi connectivity index (χ1n) is 7.06. The van der Waals surface area contributed by atoms with Gasteiger partial charge in [-0.05, 0) is 11.1 Å². The molecule has 1 aliphatic rings. The van der Waals surface area contributed by atoms with Gasteiger partial charge in [-0.1, -0.05) is 78.5 Å². The van der Waals surface area contributed by atoms with Crippen LogP contribution in [0.25, 0.3) is 0 Å². The van der Waals surface area contributed by atoms with Gasteiger partial charge in [-0.15, -0.1) is 6.58 Å². The fraction of sp³-hybridized carbons (Fsp3) is 0.167. The van der Waals surface area contributed by atoms with E-state index in [1.54, 1.807) is 11.8 Å². The molecular weight excluding hydrogens is 276 g/mol. The van der Waals surface area contributed by atoms with E-state index in [2.05, 4.69) is 60.4 Å².